The van der Waals surface area contributed by atoms with E-state index < -0.39 is 17.4 Å². The second-order valence-electron chi connectivity index (χ2n) is 16.6. The number of aromatic nitrogens is 4. The number of piperazine rings is 1. The molecule has 4 amide bonds. The van der Waals surface area contributed by atoms with Gasteiger partial charge in [0, 0.05) is 94.7 Å². The van der Waals surface area contributed by atoms with Crippen LogP contribution in [0.1, 0.15) is 74.5 Å². The molecule has 292 valence electrons. The van der Waals surface area contributed by atoms with Crippen molar-refractivity contribution in [3.05, 3.63) is 60.0 Å². The Bertz CT molecular complexity index is 2210. The normalized spacial score (nSPS) is 21.8. The van der Waals surface area contributed by atoms with Crippen molar-refractivity contribution in [1.82, 2.24) is 34.6 Å². The molecule has 9 rings (SSSR count). The summed E-state index contributed by atoms with van der Waals surface area (Å²) in [5, 5.41) is 6.55. The van der Waals surface area contributed by atoms with Gasteiger partial charge in [-0.2, -0.15) is 4.98 Å². The quantitative estimate of drug-likeness (QED) is 0.252. The predicted octanol–water partition coefficient (Wildman–Crippen LogP) is 3.83. The molecule has 2 N–H and O–H groups in total. The van der Waals surface area contributed by atoms with Crippen LogP contribution in [-0.4, -0.2) is 118 Å². The number of imide groups is 1. The van der Waals surface area contributed by atoms with Crippen LogP contribution in [0.3, 0.4) is 0 Å². The molecule has 1 saturated carbocycles. The monoisotopic (exact) mass is 759 g/mol. The van der Waals surface area contributed by atoms with Crippen LogP contribution in [0.2, 0.25) is 0 Å². The van der Waals surface area contributed by atoms with Crippen molar-refractivity contribution < 1.29 is 19.2 Å². The van der Waals surface area contributed by atoms with Gasteiger partial charge >= 0.3 is 0 Å². The van der Waals surface area contributed by atoms with Crippen LogP contribution in [-0.2, 0) is 19.8 Å². The number of carbonyl (C=O) groups excluding carboxylic acids is 4. The maximum Gasteiger partial charge on any atom is 0.270 e. The highest BCUT2D eigenvalue weighted by Crippen LogP contribution is 2.48. The largest absolute Gasteiger partial charge is 0.369 e. The number of rotatable bonds is 8. The molecule has 1 aromatic carbocycles. The lowest BCUT2D eigenvalue weighted by atomic mass is 9.84. The van der Waals surface area contributed by atoms with Crippen molar-refractivity contribution in [2.24, 2.45) is 0 Å². The summed E-state index contributed by atoms with van der Waals surface area (Å²) >= 11 is 0. The van der Waals surface area contributed by atoms with Gasteiger partial charge in [0.25, 0.3) is 5.91 Å². The summed E-state index contributed by atoms with van der Waals surface area (Å²) in [7, 11) is 3.55. The highest BCUT2D eigenvalue weighted by atomic mass is 16.2. The molecule has 5 aliphatic rings. The van der Waals surface area contributed by atoms with Crippen molar-refractivity contribution in [3.63, 3.8) is 0 Å². The number of piperidine rings is 1. The zero-order valence-corrected chi connectivity index (χ0v) is 32.5. The minimum Gasteiger partial charge on any atom is -0.369 e. The number of benzene rings is 1. The first kappa shape index (κ1) is 36.1. The summed E-state index contributed by atoms with van der Waals surface area (Å²) in [6.07, 6.45) is 8.59. The van der Waals surface area contributed by atoms with Crippen LogP contribution in [0, 0.1) is 0 Å². The van der Waals surface area contributed by atoms with Crippen molar-refractivity contribution >= 4 is 63.5 Å². The maximum absolute atomic E-state index is 13.8. The van der Waals surface area contributed by atoms with Crippen LogP contribution in [0.4, 0.5) is 28.8 Å². The molecule has 0 unspecified atom stereocenters. The lowest BCUT2D eigenvalue weighted by Crippen LogP contribution is -2.63. The number of hydrogen-bond donors (Lipinski definition) is 2. The number of nitrogens with one attached hydrogen (secondary N) is 2. The molecule has 7 heterocycles. The Hall–Kier alpha value is -5.57. The number of fused-ring (bicyclic) bond motifs is 2. The summed E-state index contributed by atoms with van der Waals surface area (Å²) in [4.78, 5) is 76.2. The van der Waals surface area contributed by atoms with E-state index in [1.54, 1.807) is 30.1 Å². The Balaban J connectivity index is 0.823. The van der Waals surface area contributed by atoms with Crippen molar-refractivity contribution in [1.29, 1.82) is 0 Å². The van der Waals surface area contributed by atoms with E-state index in [9.17, 15) is 19.2 Å². The van der Waals surface area contributed by atoms with Gasteiger partial charge in [0.2, 0.25) is 23.7 Å². The number of pyridine rings is 1. The number of nitrogens with zero attached hydrogens (tertiary/aromatic N) is 9. The maximum atomic E-state index is 13.8. The van der Waals surface area contributed by atoms with Crippen molar-refractivity contribution in [2.45, 2.75) is 75.9 Å². The SMILES string of the molecule is CN(C)C(=O)c1cc2cnc(Nc3ccc(N4CC(N5CCN(c6cccc7c6C(C)(C)C(=O)N7[C@@H]6CCC(=O)NC6=O)CC5)C4)cn3)nc2n1C1CCCC1. The fourth-order valence-corrected chi connectivity index (χ4v) is 9.37. The van der Waals surface area contributed by atoms with Crippen LogP contribution in [0.25, 0.3) is 11.0 Å². The number of hydrogen-bond acceptors (Lipinski definition) is 11. The number of carbonyl (C=O) groups is 4. The zero-order valence-electron chi connectivity index (χ0n) is 32.5. The third-order valence-electron chi connectivity index (χ3n) is 12.5. The molecule has 4 aliphatic heterocycles. The van der Waals surface area contributed by atoms with E-state index in [4.69, 9.17) is 9.97 Å². The van der Waals surface area contributed by atoms with Crippen LogP contribution in [0.5, 0.6) is 0 Å². The third kappa shape index (κ3) is 6.12. The van der Waals surface area contributed by atoms with Crippen LogP contribution < -0.4 is 25.3 Å². The zero-order chi connectivity index (χ0) is 38.9. The second-order valence-corrected chi connectivity index (χ2v) is 16.6. The van der Waals surface area contributed by atoms with E-state index in [1.807, 2.05) is 44.3 Å². The Kier molecular flexibility index (Phi) is 8.94. The van der Waals surface area contributed by atoms with Gasteiger partial charge in [0.15, 0.2) is 0 Å². The fraction of sp³-hybridized carbons (Fsp3) is 0.488. The molecule has 15 heteroatoms. The van der Waals surface area contributed by atoms with Crippen molar-refractivity contribution in [3.8, 4) is 0 Å². The Morgan fingerprint density at radius 2 is 1.64 bits per heavy atom. The lowest BCUT2D eigenvalue weighted by molar-refractivity contribution is -0.136. The number of amides is 4. The summed E-state index contributed by atoms with van der Waals surface area (Å²) in [6, 6.07) is 11.9. The Labute approximate surface area is 326 Å². The molecule has 56 heavy (non-hydrogen) atoms. The average Bonchev–Trinajstić information content (AvgIpc) is 3.88. The molecule has 4 aromatic rings. The topological polar surface area (TPSA) is 152 Å². The molecule has 3 saturated heterocycles. The van der Waals surface area contributed by atoms with E-state index in [0.29, 0.717) is 29.9 Å². The summed E-state index contributed by atoms with van der Waals surface area (Å²) < 4.78 is 2.11. The van der Waals surface area contributed by atoms with E-state index in [-0.39, 0.29) is 30.2 Å². The van der Waals surface area contributed by atoms with E-state index in [1.165, 1.54) is 0 Å². The highest BCUT2D eigenvalue weighted by molar-refractivity contribution is 6.14. The van der Waals surface area contributed by atoms with Gasteiger partial charge in [-0.15, -0.1) is 0 Å². The molecular formula is C41H49N11O4. The molecule has 1 atom stereocenters. The third-order valence-corrected chi connectivity index (χ3v) is 12.5. The molecule has 0 spiro atoms. The lowest BCUT2D eigenvalue weighted by Gasteiger charge is -2.49. The van der Waals surface area contributed by atoms with E-state index in [0.717, 1.165) is 98.6 Å². The van der Waals surface area contributed by atoms with Gasteiger partial charge < -0.3 is 24.6 Å². The van der Waals surface area contributed by atoms with Crippen molar-refractivity contribution in [2.75, 3.05) is 73.4 Å². The van der Waals surface area contributed by atoms with Gasteiger partial charge in [-0.25, -0.2) is 9.97 Å². The smallest absolute Gasteiger partial charge is 0.270 e. The second kappa shape index (κ2) is 13.9. The Morgan fingerprint density at radius 1 is 0.893 bits per heavy atom. The van der Waals surface area contributed by atoms with Gasteiger partial charge in [-0.3, -0.25) is 34.3 Å². The molecule has 15 nitrogen and oxygen atoms in total. The molecular weight excluding hydrogens is 711 g/mol. The first-order chi connectivity index (χ1) is 27.0. The van der Waals surface area contributed by atoms with Crippen LogP contribution in [0.15, 0.2) is 48.8 Å². The first-order valence-corrected chi connectivity index (χ1v) is 19.9. The molecule has 0 bridgehead atoms. The minimum atomic E-state index is -0.794. The van der Waals surface area contributed by atoms with Gasteiger partial charge in [-0.05, 0) is 63.4 Å². The first-order valence-electron chi connectivity index (χ1n) is 19.9. The number of anilines is 5. The summed E-state index contributed by atoms with van der Waals surface area (Å²) in [6.45, 7) is 9.21. The average molecular weight is 760 g/mol. The standard InChI is InChI=1S/C41H49N11O4/c1-41(2)35-29(10-7-11-30(35)52(39(41)56)31-13-15-34(53)45-37(31)54)49-18-16-48(17-19-49)28-23-50(24-28)27-12-14-33(42-22-27)44-40-43-21-25-20-32(38(55)47(3)4)51(36(25)46-40)26-8-5-6-9-26/h7,10-12,14,20-22,26,28,31H,5-6,8-9,13,15-19,23-24H2,1-4H3,(H,45,53,54)(H,42,43,44,46)/t31-/m1/s1. The molecule has 0 radical (unpaired) electrons. The molecule has 3 aromatic heterocycles. The fourth-order valence-electron chi connectivity index (χ4n) is 9.37. The van der Waals surface area contributed by atoms with Gasteiger partial charge in [0.1, 0.15) is 23.2 Å². The van der Waals surface area contributed by atoms with Gasteiger partial charge in [-0.1, -0.05) is 18.9 Å². The summed E-state index contributed by atoms with van der Waals surface area (Å²) in [5.41, 5.74) is 4.47. The van der Waals surface area contributed by atoms with Crippen LogP contribution >= 0.6 is 0 Å². The Morgan fingerprint density at radius 3 is 2.34 bits per heavy atom. The van der Waals surface area contributed by atoms with E-state index >= 15 is 0 Å². The predicted molar refractivity (Wildman–Crippen MR) is 213 cm³/mol. The van der Waals surface area contributed by atoms with Gasteiger partial charge in [0.05, 0.1) is 23.0 Å². The molecule has 1 aliphatic carbocycles. The highest BCUT2D eigenvalue weighted by Gasteiger charge is 2.51. The van der Waals surface area contributed by atoms with E-state index in [2.05, 4.69) is 47.0 Å². The summed E-state index contributed by atoms with van der Waals surface area (Å²) in [5.74, 6) is 0.276. The molecule has 4 fully saturated rings. The minimum absolute atomic E-state index is 0.0308.